The SMILES string of the molecule is O=C(Nc1ncnc2nc[nH]c12)c1cc(N2CCOCC2)ncn1. The minimum Gasteiger partial charge on any atom is -0.378 e. The molecule has 4 heterocycles. The number of carbonyl (C=O) groups is 1. The van der Waals surface area contributed by atoms with Gasteiger partial charge in [-0.3, -0.25) is 4.79 Å². The Kier molecular flexibility index (Phi) is 3.71. The van der Waals surface area contributed by atoms with Crippen molar-refractivity contribution in [3.63, 3.8) is 0 Å². The molecule has 0 unspecified atom stereocenters. The van der Waals surface area contributed by atoms with Crippen molar-refractivity contribution in [2.45, 2.75) is 0 Å². The van der Waals surface area contributed by atoms with Gasteiger partial charge in [0.05, 0.1) is 19.5 Å². The van der Waals surface area contributed by atoms with Gasteiger partial charge in [-0.25, -0.2) is 24.9 Å². The number of nitrogens with one attached hydrogen (secondary N) is 2. The molecule has 4 rings (SSSR count). The molecular formula is C14H14N8O2. The molecule has 1 saturated heterocycles. The van der Waals surface area contributed by atoms with Crippen LogP contribution in [0.25, 0.3) is 11.2 Å². The van der Waals surface area contributed by atoms with Crippen molar-refractivity contribution in [1.82, 2.24) is 29.9 Å². The number of amides is 1. The number of fused-ring (bicyclic) bond motifs is 1. The summed E-state index contributed by atoms with van der Waals surface area (Å²) >= 11 is 0. The number of aromatic amines is 1. The van der Waals surface area contributed by atoms with Crippen LogP contribution in [0.5, 0.6) is 0 Å². The highest BCUT2D eigenvalue weighted by Gasteiger charge is 2.17. The first-order valence-electron chi connectivity index (χ1n) is 7.41. The number of nitrogens with zero attached hydrogens (tertiary/aromatic N) is 6. The third-order valence-corrected chi connectivity index (χ3v) is 3.68. The molecule has 1 aliphatic heterocycles. The Balaban J connectivity index is 1.57. The number of morpholine rings is 1. The number of ether oxygens (including phenoxy) is 1. The number of imidazole rings is 1. The zero-order valence-corrected chi connectivity index (χ0v) is 12.6. The average molecular weight is 326 g/mol. The van der Waals surface area contributed by atoms with Gasteiger partial charge in [0.2, 0.25) is 0 Å². The van der Waals surface area contributed by atoms with Gasteiger partial charge >= 0.3 is 0 Å². The number of anilines is 2. The topological polar surface area (TPSA) is 122 Å². The Bertz CT molecular complexity index is 874. The van der Waals surface area contributed by atoms with E-state index in [1.54, 1.807) is 6.07 Å². The predicted octanol–water partition coefficient (Wildman–Crippen LogP) is 0.232. The minimum atomic E-state index is -0.374. The third-order valence-electron chi connectivity index (χ3n) is 3.68. The predicted molar refractivity (Wildman–Crippen MR) is 84.7 cm³/mol. The van der Waals surface area contributed by atoms with Gasteiger partial charge in [-0.05, 0) is 0 Å². The van der Waals surface area contributed by atoms with Crippen LogP contribution in [0.2, 0.25) is 0 Å². The summed E-state index contributed by atoms with van der Waals surface area (Å²) in [4.78, 5) is 37.8. The zero-order chi connectivity index (χ0) is 16.4. The molecule has 10 heteroatoms. The van der Waals surface area contributed by atoms with Gasteiger partial charge in [-0.15, -0.1) is 0 Å². The lowest BCUT2D eigenvalue weighted by Crippen LogP contribution is -2.37. The summed E-state index contributed by atoms with van der Waals surface area (Å²) in [7, 11) is 0. The molecule has 122 valence electrons. The molecule has 0 radical (unpaired) electrons. The second-order valence-electron chi connectivity index (χ2n) is 5.14. The van der Waals surface area contributed by atoms with Gasteiger partial charge in [0.1, 0.15) is 29.7 Å². The fraction of sp³-hybridized carbons (Fsp3) is 0.286. The van der Waals surface area contributed by atoms with E-state index < -0.39 is 0 Å². The summed E-state index contributed by atoms with van der Waals surface area (Å²) in [6.07, 6.45) is 4.22. The molecule has 0 spiro atoms. The summed E-state index contributed by atoms with van der Waals surface area (Å²) in [6, 6.07) is 1.66. The Morgan fingerprint density at radius 1 is 1.12 bits per heavy atom. The number of hydrogen-bond donors (Lipinski definition) is 2. The van der Waals surface area contributed by atoms with Crippen LogP contribution in [-0.4, -0.2) is 62.1 Å². The summed E-state index contributed by atoms with van der Waals surface area (Å²) in [6.45, 7) is 2.76. The lowest BCUT2D eigenvalue weighted by molar-refractivity contribution is 0.102. The Morgan fingerprint density at radius 3 is 2.83 bits per heavy atom. The van der Waals surface area contributed by atoms with Gasteiger partial charge in [-0.2, -0.15) is 0 Å². The maximum atomic E-state index is 12.5. The molecule has 0 saturated carbocycles. The number of H-pyrrole nitrogens is 1. The van der Waals surface area contributed by atoms with Gasteiger partial charge in [0, 0.05) is 19.2 Å². The third kappa shape index (κ3) is 2.74. The molecule has 1 amide bonds. The summed E-state index contributed by atoms with van der Waals surface area (Å²) < 4.78 is 5.32. The van der Waals surface area contributed by atoms with Crippen molar-refractivity contribution >= 4 is 28.7 Å². The fourth-order valence-electron chi connectivity index (χ4n) is 2.47. The van der Waals surface area contributed by atoms with Crippen molar-refractivity contribution < 1.29 is 9.53 Å². The van der Waals surface area contributed by atoms with E-state index in [9.17, 15) is 4.79 Å². The highest BCUT2D eigenvalue weighted by atomic mass is 16.5. The van der Waals surface area contributed by atoms with E-state index in [0.717, 1.165) is 13.1 Å². The Morgan fingerprint density at radius 2 is 1.96 bits per heavy atom. The van der Waals surface area contributed by atoms with Crippen molar-refractivity contribution in [2.75, 3.05) is 36.5 Å². The standard InChI is InChI=1S/C14H14N8O2/c23-14(21-13-11-12(18-7-17-11)19-8-20-13)9-5-10(16-6-15-9)22-1-3-24-4-2-22/h5-8H,1-4H2,(H2,17,18,19,20,21,23). The van der Waals surface area contributed by atoms with Crippen LogP contribution in [-0.2, 0) is 4.74 Å². The molecule has 0 bridgehead atoms. The van der Waals surface area contributed by atoms with Gasteiger partial charge in [0.15, 0.2) is 11.5 Å². The Hall–Kier alpha value is -3.14. The number of aromatic nitrogens is 6. The van der Waals surface area contributed by atoms with Crippen molar-refractivity contribution in [3.8, 4) is 0 Å². The molecule has 1 aliphatic rings. The van der Waals surface area contributed by atoms with Crippen molar-refractivity contribution in [2.24, 2.45) is 0 Å². The van der Waals surface area contributed by atoms with E-state index in [2.05, 4.69) is 40.1 Å². The molecule has 3 aromatic rings. The van der Waals surface area contributed by atoms with E-state index in [4.69, 9.17) is 4.74 Å². The highest BCUT2D eigenvalue weighted by molar-refractivity contribution is 6.05. The normalized spacial score (nSPS) is 14.8. The molecule has 0 atom stereocenters. The lowest BCUT2D eigenvalue weighted by Gasteiger charge is -2.27. The molecule has 3 aromatic heterocycles. The van der Waals surface area contributed by atoms with E-state index >= 15 is 0 Å². The first kappa shape index (κ1) is 14.5. The second kappa shape index (κ2) is 6.16. The largest absolute Gasteiger partial charge is 0.378 e. The smallest absolute Gasteiger partial charge is 0.275 e. The van der Waals surface area contributed by atoms with Gasteiger partial charge < -0.3 is 19.9 Å². The van der Waals surface area contributed by atoms with Gasteiger partial charge in [0.25, 0.3) is 5.91 Å². The molecule has 2 N–H and O–H groups in total. The quantitative estimate of drug-likeness (QED) is 0.701. The van der Waals surface area contributed by atoms with Crippen LogP contribution in [0.15, 0.2) is 25.0 Å². The fourth-order valence-corrected chi connectivity index (χ4v) is 2.47. The van der Waals surface area contributed by atoms with Crippen molar-refractivity contribution in [1.29, 1.82) is 0 Å². The molecule has 0 aromatic carbocycles. The first-order valence-corrected chi connectivity index (χ1v) is 7.41. The van der Waals surface area contributed by atoms with Crippen molar-refractivity contribution in [3.05, 3.63) is 30.7 Å². The van der Waals surface area contributed by atoms with Crippen LogP contribution in [0.1, 0.15) is 10.5 Å². The van der Waals surface area contributed by atoms with Crippen LogP contribution in [0.4, 0.5) is 11.6 Å². The summed E-state index contributed by atoms with van der Waals surface area (Å²) in [5.74, 6) is 0.684. The molecule has 10 nitrogen and oxygen atoms in total. The second-order valence-corrected chi connectivity index (χ2v) is 5.14. The zero-order valence-electron chi connectivity index (χ0n) is 12.6. The number of hydrogen-bond acceptors (Lipinski definition) is 8. The molecular weight excluding hydrogens is 312 g/mol. The summed E-state index contributed by atoms with van der Waals surface area (Å²) in [5.41, 5.74) is 1.31. The molecule has 0 aliphatic carbocycles. The first-order chi connectivity index (χ1) is 11.8. The monoisotopic (exact) mass is 326 g/mol. The van der Waals surface area contributed by atoms with E-state index in [1.807, 2.05) is 0 Å². The highest BCUT2D eigenvalue weighted by Crippen LogP contribution is 2.17. The van der Waals surface area contributed by atoms with E-state index in [-0.39, 0.29) is 11.6 Å². The summed E-state index contributed by atoms with van der Waals surface area (Å²) in [5, 5.41) is 2.72. The van der Waals surface area contributed by atoms with E-state index in [0.29, 0.717) is 36.0 Å². The van der Waals surface area contributed by atoms with E-state index in [1.165, 1.54) is 19.0 Å². The van der Waals surface area contributed by atoms with Crippen LogP contribution in [0, 0.1) is 0 Å². The van der Waals surface area contributed by atoms with Gasteiger partial charge in [-0.1, -0.05) is 0 Å². The Labute approximate surface area is 136 Å². The van der Waals surface area contributed by atoms with Crippen LogP contribution >= 0.6 is 0 Å². The lowest BCUT2D eigenvalue weighted by atomic mass is 10.3. The average Bonchev–Trinajstić information content (AvgIpc) is 3.12. The number of rotatable bonds is 3. The maximum absolute atomic E-state index is 12.5. The molecule has 1 fully saturated rings. The maximum Gasteiger partial charge on any atom is 0.275 e. The van der Waals surface area contributed by atoms with Crippen LogP contribution in [0.3, 0.4) is 0 Å². The molecule has 24 heavy (non-hydrogen) atoms. The number of carbonyl (C=O) groups excluding carboxylic acids is 1. The van der Waals surface area contributed by atoms with Crippen LogP contribution < -0.4 is 10.2 Å². The minimum absolute atomic E-state index is 0.262.